The van der Waals surface area contributed by atoms with Crippen LogP contribution in [0.4, 0.5) is 4.39 Å². The van der Waals surface area contributed by atoms with Crippen molar-refractivity contribution in [1.82, 2.24) is 30.2 Å². The number of H-pyrrole nitrogens is 1. The van der Waals surface area contributed by atoms with E-state index in [1.807, 2.05) is 36.1 Å². The fourth-order valence-electron chi connectivity index (χ4n) is 6.61. The smallest absolute Gasteiger partial charge is 0.272 e. The summed E-state index contributed by atoms with van der Waals surface area (Å²) in [5.41, 5.74) is 1.69. The third kappa shape index (κ3) is 3.31. The predicted octanol–water partition coefficient (Wildman–Crippen LogP) is 3.13. The second kappa shape index (κ2) is 8.22. The molecule has 4 aromatic rings. The number of pyridine rings is 1. The van der Waals surface area contributed by atoms with Gasteiger partial charge < -0.3 is 14.5 Å². The van der Waals surface area contributed by atoms with Crippen LogP contribution in [-0.2, 0) is 0 Å². The largest absolute Gasteiger partial charge is 0.493 e. The van der Waals surface area contributed by atoms with Crippen molar-refractivity contribution in [3.05, 3.63) is 59.5 Å². The highest BCUT2D eigenvalue weighted by molar-refractivity contribution is 5.98. The van der Waals surface area contributed by atoms with E-state index in [0.29, 0.717) is 73.4 Å². The number of aromatic nitrogens is 4. The van der Waals surface area contributed by atoms with E-state index >= 15 is 0 Å². The Kier molecular flexibility index (Phi) is 4.92. The van der Waals surface area contributed by atoms with Gasteiger partial charge >= 0.3 is 0 Å². The zero-order valence-electron chi connectivity index (χ0n) is 20.2. The van der Waals surface area contributed by atoms with Crippen LogP contribution in [0.5, 0.6) is 5.75 Å². The minimum Gasteiger partial charge on any atom is -0.493 e. The molecule has 7 rings (SSSR count). The van der Waals surface area contributed by atoms with Crippen molar-refractivity contribution in [3.63, 3.8) is 0 Å². The molecule has 3 aliphatic rings. The van der Waals surface area contributed by atoms with Gasteiger partial charge in [-0.2, -0.15) is 0 Å². The van der Waals surface area contributed by atoms with Crippen LogP contribution in [0.1, 0.15) is 27.8 Å². The second-order valence-corrected chi connectivity index (χ2v) is 10.2. The van der Waals surface area contributed by atoms with Crippen LogP contribution in [0.25, 0.3) is 21.9 Å². The number of hydrogen-bond donors (Lipinski definition) is 1. The lowest BCUT2D eigenvalue weighted by atomic mass is 9.60. The number of amides is 2. The number of hydrogen-bond acceptors (Lipinski definition) is 6. The molecule has 2 aromatic heterocycles. The van der Waals surface area contributed by atoms with E-state index in [9.17, 15) is 14.0 Å². The van der Waals surface area contributed by atoms with Crippen molar-refractivity contribution in [2.45, 2.75) is 6.92 Å². The van der Waals surface area contributed by atoms with Gasteiger partial charge in [-0.3, -0.25) is 14.7 Å². The van der Waals surface area contributed by atoms with Gasteiger partial charge in [-0.25, -0.2) is 9.37 Å². The monoisotopic (exact) mass is 500 g/mol. The van der Waals surface area contributed by atoms with Gasteiger partial charge in [-0.15, -0.1) is 5.10 Å². The second-order valence-electron chi connectivity index (χ2n) is 10.2. The molecule has 4 atom stereocenters. The molecule has 188 valence electrons. The first-order chi connectivity index (χ1) is 18.0. The van der Waals surface area contributed by atoms with Gasteiger partial charge in [0.25, 0.3) is 11.8 Å². The summed E-state index contributed by atoms with van der Waals surface area (Å²) in [6, 6.07) is 12.5. The first-order valence-electron chi connectivity index (χ1n) is 12.6. The van der Waals surface area contributed by atoms with E-state index in [4.69, 9.17) is 4.74 Å². The summed E-state index contributed by atoms with van der Waals surface area (Å²) in [6.45, 7) is 4.86. The quantitative estimate of drug-likeness (QED) is 0.462. The molecule has 2 amide bonds. The number of carbonyl (C=O) groups is 2. The SMILES string of the molecule is CCOc1cc(C(=O)N2CC3C(C2)[C@@H]2CN(C(=O)c4ccc5[nH]nnc5c4F)C[C@H]32)nc2ccccc12. The van der Waals surface area contributed by atoms with Crippen LogP contribution in [-0.4, -0.2) is 74.8 Å². The van der Waals surface area contributed by atoms with Crippen LogP contribution in [0.15, 0.2) is 42.5 Å². The predicted molar refractivity (Wildman–Crippen MR) is 133 cm³/mol. The summed E-state index contributed by atoms with van der Waals surface area (Å²) in [7, 11) is 0. The lowest BCUT2D eigenvalue weighted by Gasteiger charge is -2.42. The van der Waals surface area contributed by atoms with Crippen molar-refractivity contribution in [2.24, 2.45) is 23.7 Å². The van der Waals surface area contributed by atoms with Crippen molar-refractivity contribution in [2.75, 3.05) is 32.8 Å². The van der Waals surface area contributed by atoms with Crippen molar-refractivity contribution in [1.29, 1.82) is 0 Å². The van der Waals surface area contributed by atoms with E-state index in [1.165, 1.54) is 6.07 Å². The number of nitrogens with one attached hydrogen (secondary N) is 1. The number of carbonyl (C=O) groups excluding carboxylic acids is 2. The highest BCUT2D eigenvalue weighted by Gasteiger charge is 2.59. The Bertz CT molecular complexity index is 1550. The molecular weight excluding hydrogens is 475 g/mol. The summed E-state index contributed by atoms with van der Waals surface area (Å²) in [5.74, 6) is 0.926. The Morgan fingerprint density at radius 2 is 1.68 bits per heavy atom. The molecular formula is C27H25FN6O3. The number of halogens is 1. The lowest BCUT2D eigenvalue weighted by Crippen LogP contribution is -2.44. The molecule has 0 spiro atoms. The molecule has 0 bridgehead atoms. The van der Waals surface area contributed by atoms with Gasteiger partial charge in [0.05, 0.1) is 23.2 Å². The minimum atomic E-state index is -0.637. The summed E-state index contributed by atoms with van der Waals surface area (Å²) in [4.78, 5) is 34.9. The molecule has 1 saturated carbocycles. The molecule has 2 aliphatic heterocycles. The lowest BCUT2D eigenvalue weighted by molar-refractivity contribution is 0.0629. The van der Waals surface area contributed by atoms with E-state index in [2.05, 4.69) is 20.4 Å². The van der Waals surface area contributed by atoms with Gasteiger partial charge in [0, 0.05) is 37.6 Å². The fraction of sp³-hybridized carbons (Fsp3) is 0.370. The van der Waals surface area contributed by atoms with Gasteiger partial charge in [-0.1, -0.05) is 17.3 Å². The van der Waals surface area contributed by atoms with E-state index in [-0.39, 0.29) is 22.9 Å². The van der Waals surface area contributed by atoms with Crippen LogP contribution in [0.2, 0.25) is 0 Å². The number of nitrogens with zero attached hydrogens (tertiary/aromatic N) is 5. The number of likely N-dealkylation sites (tertiary alicyclic amines) is 2. The molecule has 0 radical (unpaired) electrons. The van der Waals surface area contributed by atoms with E-state index < -0.39 is 5.82 Å². The van der Waals surface area contributed by atoms with Gasteiger partial charge in [0.15, 0.2) is 5.82 Å². The Labute approximate surface area is 211 Å². The molecule has 2 aromatic carbocycles. The number of rotatable bonds is 4. The maximum atomic E-state index is 14.9. The molecule has 3 fully saturated rings. The Morgan fingerprint density at radius 3 is 2.38 bits per heavy atom. The highest BCUT2D eigenvalue weighted by atomic mass is 19.1. The van der Waals surface area contributed by atoms with Crippen LogP contribution >= 0.6 is 0 Å². The van der Waals surface area contributed by atoms with Gasteiger partial charge in [0.2, 0.25) is 0 Å². The minimum absolute atomic E-state index is 0.0251. The maximum Gasteiger partial charge on any atom is 0.272 e. The van der Waals surface area contributed by atoms with Gasteiger partial charge in [0.1, 0.15) is 17.0 Å². The molecule has 2 unspecified atom stereocenters. The molecule has 10 heteroatoms. The highest BCUT2D eigenvalue weighted by Crippen LogP contribution is 2.54. The summed E-state index contributed by atoms with van der Waals surface area (Å²) in [5, 5.41) is 10.9. The summed E-state index contributed by atoms with van der Waals surface area (Å²) < 4.78 is 20.7. The Morgan fingerprint density at radius 1 is 1.00 bits per heavy atom. The Hall–Kier alpha value is -4.08. The van der Waals surface area contributed by atoms with Gasteiger partial charge in [-0.05, 0) is 54.9 Å². The first kappa shape index (κ1) is 22.1. The number of ether oxygens (including phenoxy) is 1. The fourth-order valence-corrected chi connectivity index (χ4v) is 6.61. The van der Waals surface area contributed by atoms with Crippen molar-refractivity contribution in [3.8, 4) is 5.75 Å². The van der Waals surface area contributed by atoms with E-state index in [0.717, 1.165) is 10.9 Å². The summed E-state index contributed by atoms with van der Waals surface area (Å²) >= 11 is 0. The van der Waals surface area contributed by atoms with Crippen LogP contribution in [0, 0.1) is 29.5 Å². The molecule has 4 heterocycles. The number of para-hydroxylation sites is 1. The van der Waals surface area contributed by atoms with Crippen molar-refractivity contribution < 1.29 is 18.7 Å². The van der Waals surface area contributed by atoms with Crippen molar-refractivity contribution >= 4 is 33.8 Å². The van der Waals surface area contributed by atoms with E-state index in [1.54, 1.807) is 17.0 Å². The number of fused-ring (bicyclic) bond motifs is 6. The number of benzene rings is 2. The Balaban J connectivity index is 1.07. The molecule has 37 heavy (non-hydrogen) atoms. The number of aromatic amines is 1. The zero-order valence-corrected chi connectivity index (χ0v) is 20.2. The topological polar surface area (TPSA) is 104 Å². The standard InChI is InChI=1S/C27H25FN6O3/c1-2-37-23-9-22(29-20-6-4-3-5-14(20)23)27(36)34-12-18-16-10-33(11-17(16)19(18)13-34)26(35)15-7-8-21-25(24(15)28)31-32-30-21/h3-9,16-19H,2,10-13H2,1H3,(H,30,31,32)/t16-,17+,18?,19?. The van der Waals surface area contributed by atoms with Crippen LogP contribution in [0.3, 0.4) is 0 Å². The maximum absolute atomic E-state index is 14.9. The van der Waals surface area contributed by atoms with Crippen LogP contribution < -0.4 is 4.74 Å². The normalized spacial score (nSPS) is 24.3. The first-order valence-corrected chi connectivity index (χ1v) is 12.6. The molecule has 1 aliphatic carbocycles. The molecule has 9 nitrogen and oxygen atoms in total. The average Bonchev–Trinajstić information content (AvgIpc) is 3.63. The third-order valence-corrected chi connectivity index (χ3v) is 8.36. The molecule has 1 N–H and O–H groups in total. The third-order valence-electron chi connectivity index (χ3n) is 8.36. The summed E-state index contributed by atoms with van der Waals surface area (Å²) in [6.07, 6.45) is 0. The average molecular weight is 501 g/mol. The molecule has 2 saturated heterocycles. The zero-order chi connectivity index (χ0) is 25.3.